The predicted octanol–water partition coefficient (Wildman–Crippen LogP) is 6.11. The van der Waals surface area contributed by atoms with Crippen LogP contribution in [-0.4, -0.2) is 58.4 Å². The highest BCUT2D eigenvalue weighted by atomic mass is 16.5. The fourth-order valence-electron chi connectivity index (χ4n) is 4.92. The van der Waals surface area contributed by atoms with Gasteiger partial charge in [-0.2, -0.15) is 0 Å². The second-order valence-electron chi connectivity index (χ2n) is 10.2. The maximum atomic E-state index is 13.1. The molecule has 0 aliphatic heterocycles. The summed E-state index contributed by atoms with van der Waals surface area (Å²) in [6.07, 6.45) is 0.195. The van der Waals surface area contributed by atoms with Gasteiger partial charge in [-0.3, -0.25) is 9.59 Å². The van der Waals surface area contributed by atoms with Crippen molar-refractivity contribution in [1.82, 2.24) is 9.88 Å². The minimum absolute atomic E-state index is 0.156. The lowest BCUT2D eigenvalue weighted by Gasteiger charge is -2.21. The number of carbonyl (C=O) groups excluding carboxylic acids is 2. The van der Waals surface area contributed by atoms with Crippen molar-refractivity contribution in [2.24, 2.45) is 0 Å². The molecule has 5 rings (SSSR count). The zero-order valence-electron chi connectivity index (χ0n) is 24.4. The molecule has 0 fully saturated rings. The van der Waals surface area contributed by atoms with Crippen molar-refractivity contribution >= 4 is 34.3 Å². The number of para-hydroxylation sites is 2. The number of carbonyl (C=O) groups is 3. The summed E-state index contributed by atoms with van der Waals surface area (Å²) in [5.41, 5.74) is 3.35. The quantitative estimate of drug-likeness (QED) is 0.160. The molecular weight excluding hydrogens is 554 g/mol. The van der Waals surface area contributed by atoms with Gasteiger partial charge >= 0.3 is 5.97 Å². The number of rotatable bonds is 13. The molecule has 0 aliphatic carbocycles. The molecule has 0 spiro atoms. The number of hydrogen-bond acceptors (Lipinski definition) is 6. The summed E-state index contributed by atoms with van der Waals surface area (Å²) in [4.78, 5) is 44.5. The molecule has 44 heavy (non-hydrogen) atoms. The number of carboxylic acid groups (broad SMARTS) is 1. The largest absolute Gasteiger partial charge is 0.492 e. The first-order chi connectivity index (χ1) is 21.4. The van der Waals surface area contributed by atoms with E-state index in [2.05, 4.69) is 10.3 Å². The second kappa shape index (κ2) is 14.1. The number of pyridine rings is 1. The highest BCUT2D eigenvalue weighted by molar-refractivity contribution is 6.12. The normalized spacial score (nSPS) is 11.5. The molecule has 1 unspecified atom stereocenters. The van der Waals surface area contributed by atoms with E-state index < -0.39 is 12.0 Å². The molecule has 5 aromatic rings. The zero-order chi connectivity index (χ0) is 30.9. The number of ether oxygens (including phenoxy) is 1. The molecule has 2 N–H and O–H groups in total. The first kappa shape index (κ1) is 30.0. The number of nitrogens with one attached hydrogen (secondary N) is 1. The zero-order valence-corrected chi connectivity index (χ0v) is 24.4. The van der Waals surface area contributed by atoms with Gasteiger partial charge in [0.2, 0.25) is 0 Å². The first-order valence-electron chi connectivity index (χ1n) is 14.5. The van der Waals surface area contributed by atoms with Gasteiger partial charge in [0.1, 0.15) is 24.1 Å². The van der Waals surface area contributed by atoms with Crippen LogP contribution in [0.25, 0.3) is 10.9 Å². The molecule has 4 aromatic carbocycles. The summed E-state index contributed by atoms with van der Waals surface area (Å²) in [7, 11) is 0. The van der Waals surface area contributed by atoms with E-state index in [0.29, 0.717) is 41.3 Å². The number of nitrogens with zero attached hydrogens (tertiary/aromatic N) is 2. The van der Waals surface area contributed by atoms with Crippen molar-refractivity contribution in [1.29, 1.82) is 0 Å². The topological polar surface area (TPSA) is 109 Å². The number of carboxylic acids is 1. The summed E-state index contributed by atoms with van der Waals surface area (Å²) in [6, 6.07) is 33.4. The summed E-state index contributed by atoms with van der Waals surface area (Å²) in [5, 5.41) is 14.0. The van der Waals surface area contributed by atoms with E-state index in [-0.39, 0.29) is 24.7 Å². The van der Waals surface area contributed by atoms with Crippen molar-refractivity contribution in [3.8, 4) is 5.75 Å². The standard InChI is InChI=1S/C36H33N3O5/c1-2-39(35(41)32-21-18-26-10-6-8-14-30(26)37-32)22-23-44-28-19-16-25(17-20-28)24-33(36(42)43)38-31-15-9-7-13-29(31)34(40)27-11-4-3-5-12-27/h3-21,33,38H,2,22-24H2,1H3,(H,42,43). The van der Waals surface area contributed by atoms with Crippen LogP contribution in [0.5, 0.6) is 5.75 Å². The molecule has 0 radical (unpaired) electrons. The Morgan fingerprint density at radius 3 is 2.30 bits per heavy atom. The lowest BCUT2D eigenvalue weighted by Crippen LogP contribution is -2.35. The Hall–Kier alpha value is -5.50. The third-order valence-corrected chi connectivity index (χ3v) is 7.32. The minimum atomic E-state index is -1.03. The summed E-state index contributed by atoms with van der Waals surface area (Å²) >= 11 is 0. The Morgan fingerprint density at radius 1 is 0.841 bits per heavy atom. The monoisotopic (exact) mass is 587 g/mol. The molecule has 222 valence electrons. The number of likely N-dealkylation sites (N-methyl/N-ethyl adjacent to an activating group) is 1. The number of benzene rings is 4. The van der Waals surface area contributed by atoms with E-state index in [9.17, 15) is 19.5 Å². The molecule has 1 amide bonds. The number of aromatic nitrogens is 1. The molecular formula is C36H33N3O5. The Balaban J connectivity index is 1.18. The van der Waals surface area contributed by atoms with Gasteiger partial charge in [-0.25, -0.2) is 9.78 Å². The second-order valence-corrected chi connectivity index (χ2v) is 10.2. The molecule has 8 heteroatoms. The van der Waals surface area contributed by atoms with E-state index in [4.69, 9.17) is 4.74 Å². The first-order valence-corrected chi connectivity index (χ1v) is 14.5. The van der Waals surface area contributed by atoms with Gasteiger partial charge in [0.15, 0.2) is 5.78 Å². The van der Waals surface area contributed by atoms with Crippen LogP contribution in [0.1, 0.15) is 38.9 Å². The van der Waals surface area contributed by atoms with Crippen LogP contribution in [0.2, 0.25) is 0 Å². The van der Waals surface area contributed by atoms with Gasteiger partial charge in [0, 0.05) is 35.2 Å². The maximum Gasteiger partial charge on any atom is 0.326 e. The van der Waals surface area contributed by atoms with Gasteiger partial charge in [-0.15, -0.1) is 0 Å². The lowest BCUT2D eigenvalue weighted by molar-refractivity contribution is -0.137. The van der Waals surface area contributed by atoms with Crippen LogP contribution >= 0.6 is 0 Å². The molecule has 0 saturated heterocycles. The van der Waals surface area contributed by atoms with Crippen LogP contribution in [0.3, 0.4) is 0 Å². The van der Waals surface area contributed by atoms with Crippen LogP contribution in [0.4, 0.5) is 5.69 Å². The summed E-state index contributed by atoms with van der Waals surface area (Å²) < 4.78 is 5.90. The van der Waals surface area contributed by atoms with Gasteiger partial charge in [0.25, 0.3) is 5.91 Å². The molecule has 0 saturated carbocycles. The van der Waals surface area contributed by atoms with Crippen molar-refractivity contribution in [2.75, 3.05) is 25.0 Å². The third kappa shape index (κ3) is 7.28. The molecule has 1 heterocycles. The van der Waals surface area contributed by atoms with Crippen molar-refractivity contribution in [3.05, 3.63) is 138 Å². The maximum absolute atomic E-state index is 13.1. The molecule has 1 atom stereocenters. The van der Waals surface area contributed by atoms with E-state index in [1.165, 1.54) is 0 Å². The van der Waals surface area contributed by atoms with E-state index in [1.54, 1.807) is 71.6 Å². The van der Waals surface area contributed by atoms with Gasteiger partial charge < -0.3 is 20.1 Å². The van der Waals surface area contributed by atoms with E-state index in [0.717, 1.165) is 16.5 Å². The van der Waals surface area contributed by atoms with E-state index in [1.807, 2.05) is 55.5 Å². The Kier molecular flexibility index (Phi) is 9.61. The number of aliphatic carboxylic acids is 1. The smallest absolute Gasteiger partial charge is 0.326 e. The number of fused-ring (bicyclic) bond motifs is 1. The molecule has 0 bridgehead atoms. The van der Waals surface area contributed by atoms with Gasteiger partial charge in [-0.1, -0.05) is 78.9 Å². The van der Waals surface area contributed by atoms with Crippen molar-refractivity contribution < 1.29 is 24.2 Å². The van der Waals surface area contributed by atoms with Crippen LogP contribution in [0.15, 0.2) is 115 Å². The van der Waals surface area contributed by atoms with Crippen LogP contribution < -0.4 is 10.1 Å². The third-order valence-electron chi connectivity index (χ3n) is 7.32. The molecule has 0 aliphatic rings. The lowest BCUT2D eigenvalue weighted by atomic mass is 10.00. The van der Waals surface area contributed by atoms with Gasteiger partial charge in [-0.05, 0) is 48.9 Å². The summed E-state index contributed by atoms with van der Waals surface area (Å²) in [5.74, 6) is -0.759. The fourth-order valence-corrected chi connectivity index (χ4v) is 4.92. The number of ketones is 1. The summed E-state index contributed by atoms with van der Waals surface area (Å²) in [6.45, 7) is 3.10. The highest BCUT2D eigenvalue weighted by Crippen LogP contribution is 2.22. The van der Waals surface area contributed by atoms with Gasteiger partial charge in [0.05, 0.1) is 12.1 Å². The predicted molar refractivity (Wildman–Crippen MR) is 170 cm³/mol. The van der Waals surface area contributed by atoms with Crippen LogP contribution in [-0.2, 0) is 11.2 Å². The van der Waals surface area contributed by atoms with Crippen molar-refractivity contribution in [3.63, 3.8) is 0 Å². The fraction of sp³-hybridized carbons (Fsp3) is 0.167. The number of anilines is 1. The highest BCUT2D eigenvalue weighted by Gasteiger charge is 2.22. The number of amides is 1. The van der Waals surface area contributed by atoms with Crippen molar-refractivity contribution in [2.45, 2.75) is 19.4 Å². The SMILES string of the molecule is CCN(CCOc1ccc(CC(Nc2ccccc2C(=O)c2ccccc2)C(=O)O)cc1)C(=O)c1ccc2ccccc2n1. The Bertz CT molecular complexity index is 1760. The number of hydrogen-bond donors (Lipinski definition) is 2. The molecule has 8 nitrogen and oxygen atoms in total. The van der Waals surface area contributed by atoms with E-state index >= 15 is 0 Å². The van der Waals surface area contributed by atoms with Crippen LogP contribution in [0, 0.1) is 0 Å². The average molecular weight is 588 g/mol. The Morgan fingerprint density at radius 2 is 1.55 bits per heavy atom. The Labute approximate surface area is 255 Å². The average Bonchev–Trinajstić information content (AvgIpc) is 3.07. The molecule has 1 aromatic heterocycles. The minimum Gasteiger partial charge on any atom is -0.492 e.